The number of nitrogens with one attached hydrogen (secondary N) is 1. The summed E-state index contributed by atoms with van der Waals surface area (Å²) >= 11 is 0. The Balaban J connectivity index is 1.57. The van der Waals surface area contributed by atoms with Gasteiger partial charge in [0.25, 0.3) is 0 Å². The van der Waals surface area contributed by atoms with E-state index in [1.165, 1.54) is 218 Å². The summed E-state index contributed by atoms with van der Waals surface area (Å²) < 4.78 is 22.7. The normalized spacial score (nSPS) is 24.9. The summed E-state index contributed by atoms with van der Waals surface area (Å²) in [6.45, 7) is 2.79. The lowest BCUT2D eigenvalue weighted by molar-refractivity contribution is -0.359. The monoisotopic (exact) mass is 1090 g/mol. The van der Waals surface area contributed by atoms with Gasteiger partial charge in [0, 0.05) is 6.42 Å². The third kappa shape index (κ3) is 33.5. The molecule has 2 rings (SSSR count). The van der Waals surface area contributed by atoms with Crippen molar-refractivity contribution in [2.45, 2.75) is 357 Å². The highest BCUT2D eigenvalue weighted by molar-refractivity contribution is 5.76. The van der Waals surface area contributed by atoms with E-state index in [0.29, 0.717) is 6.42 Å². The van der Waals surface area contributed by atoms with E-state index in [1.54, 1.807) is 6.08 Å². The van der Waals surface area contributed by atoms with Gasteiger partial charge in [-0.05, 0) is 19.3 Å². The van der Waals surface area contributed by atoms with Gasteiger partial charge < -0.3 is 65.1 Å². The van der Waals surface area contributed by atoms with E-state index in [4.69, 9.17) is 18.9 Å². The molecule has 2 aliphatic heterocycles. The first-order valence-corrected chi connectivity index (χ1v) is 31.9. The Bertz CT molecular complexity index is 1330. The van der Waals surface area contributed by atoms with Gasteiger partial charge >= 0.3 is 0 Å². The maximum absolute atomic E-state index is 13.2. The molecule has 12 atom stereocenters. The molecule has 14 heteroatoms. The van der Waals surface area contributed by atoms with Gasteiger partial charge in [-0.3, -0.25) is 4.79 Å². The summed E-state index contributed by atoms with van der Waals surface area (Å²) in [7, 11) is 0. The molecule has 2 fully saturated rings. The highest BCUT2D eigenvalue weighted by atomic mass is 16.7. The Morgan fingerprint density at radius 3 is 1.21 bits per heavy atom. The van der Waals surface area contributed by atoms with Crippen LogP contribution in [0.2, 0.25) is 0 Å². The smallest absolute Gasteiger partial charge is 0.220 e. The van der Waals surface area contributed by atoms with E-state index in [9.17, 15) is 45.6 Å². The lowest BCUT2D eigenvalue weighted by Crippen LogP contribution is -2.65. The van der Waals surface area contributed by atoms with Crippen molar-refractivity contribution in [3.63, 3.8) is 0 Å². The van der Waals surface area contributed by atoms with Gasteiger partial charge in [-0.25, -0.2) is 0 Å². The standard InChI is InChI=1S/C62H119NO13/c1-3-5-7-9-11-13-14-15-16-17-18-19-20-21-22-23-24-25-26-27-28-29-30-31-32-33-34-35-36-38-40-42-44-46-54(67)63-50(51(66)45-43-41-39-37-12-10-8-6-4-2)49-73-61-59(72)57(70)60(53(48-65)75-61)76-62-58(71)56(69)55(68)52(47-64)74-62/h43,45,50-53,55-62,64-66,68-72H,3-42,44,46-49H2,1-2H3,(H,63,67)/b45-43+. The Kier molecular flexibility index (Phi) is 45.1. The first kappa shape index (κ1) is 70.8. The van der Waals surface area contributed by atoms with E-state index >= 15 is 0 Å². The lowest BCUT2D eigenvalue weighted by atomic mass is 9.97. The zero-order valence-corrected chi connectivity index (χ0v) is 48.5. The van der Waals surface area contributed by atoms with Crippen LogP contribution in [0, 0.1) is 0 Å². The predicted molar refractivity (Wildman–Crippen MR) is 305 cm³/mol. The highest BCUT2D eigenvalue weighted by Gasteiger charge is 2.51. The molecule has 0 spiro atoms. The van der Waals surface area contributed by atoms with Crippen molar-refractivity contribution < 1.29 is 64.6 Å². The molecule has 2 aliphatic rings. The number of amides is 1. The molecule has 1 amide bonds. The maximum Gasteiger partial charge on any atom is 0.220 e. The van der Waals surface area contributed by atoms with Crippen LogP contribution in [0.4, 0.5) is 0 Å². The van der Waals surface area contributed by atoms with Gasteiger partial charge in [-0.2, -0.15) is 0 Å². The number of rotatable bonds is 52. The number of aliphatic hydroxyl groups is 8. The summed E-state index contributed by atoms with van der Waals surface area (Å²) in [5.74, 6) is -0.236. The second kappa shape index (κ2) is 48.4. The number of aliphatic hydroxyl groups excluding tert-OH is 8. The summed E-state index contributed by atoms with van der Waals surface area (Å²) in [5.41, 5.74) is 0. The second-order valence-corrected chi connectivity index (χ2v) is 22.9. The average molecular weight is 1090 g/mol. The number of allylic oxidation sites excluding steroid dienone is 1. The van der Waals surface area contributed by atoms with Crippen molar-refractivity contribution in [2.24, 2.45) is 0 Å². The molecular formula is C62H119NO13. The summed E-state index contributed by atoms with van der Waals surface area (Å²) in [6.07, 6.45) is 40.3. The number of carbonyl (C=O) groups excluding carboxylic acids is 1. The fourth-order valence-corrected chi connectivity index (χ4v) is 10.8. The Hall–Kier alpha value is -1.27. The van der Waals surface area contributed by atoms with Gasteiger partial charge in [0.2, 0.25) is 5.91 Å². The third-order valence-electron chi connectivity index (χ3n) is 16.0. The zero-order valence-electron chi connectivity index (χ0n) is 48.5. The van der Waals surface area contributed by atoms with Crippen molar-refractivity contribution in [3.05, 3.63) is 12.2 Å². The largest absolute Gasteiger partial charge is 0.394 e. The van der Waals surface area contributed by atoms with Crippen molar-refractivity contribution in [1.82, 2.24) is 5.32 Å². The van der Waals surface area contributed by atoms with Gasteiger partial charge in [0.15, 0.2) is 12.6 Å². The molecule has 0 radical (unpaired) electrons. The summed E-state index contributed by atoms with van der Waals surface area (Å²) in [4.78, 5) is 13.2. The molecular weight excluding hydrogens is 967 g/mol. The van der Waals surface area contributed by atoms with Crippen LogP contribution in [0.1, 0.15) is 284 Å². The van der Waals surface area contributed by atoms with Crippen LogP contribution in [0.15, 0.2) is 12.2 Å². The zero-order chi connectivity index (χ0) is 55.3. The van der Waals surface area contributed by atoms with Crippen molar-refractivity contribution >= 4 is 5.91 Å². The van der Waals surface area contributed by atoms with Crippen LogP contribution >= 0.6 is 0 Å². The van der Waals surface area contributed by atoms with E-state index in [0.717, 1.165) is 38.5 Å². The molecule has 12 unspecified atom stereocenters. The first-order chi connectivity index (χ1) is 37.1. The van der Waals surface area contributed by atoms with Crippen molar-refractivity contribution in [3.8, 4) is 0 Å². The topological polar surface area (TPSA) is 228 Å². The molecule has 0 aliphatic carbocycles. The molecule has 0 saturated carbocycles. The van der Waals surface area contributed by atoms with Gasteiger partial charge in [-0.1, -0.05) is 270 Å². The van der Waals surface area contributed by atoms with Crippen LogP contribution in [-0.2, 0) is 23.7 Å². The fourth-order valence-electron chi connectivity index (χ4n) is 10.8. The number of ether oxygens (including phenoxy) is 4. The maximum atomic E-state index is 13.2. The van der Waals surface area contributed by atoms with Gasteiger partial charge in [0.1, 0.15) is 48.8 Å². The molecule has 0 aromatic heterocycles. The fraction of sp³-hybridized carbons (Fsp3) is 0.952. The third-order valence-corrected chi connectivity index (χ3v) is 16.0. The molecule has 76 heavy (non-hydrogen) atoms. The number of carbonyl (C=O) groups is 1. The van der Waals surface area contributed by atoms with Crippen LogP contribution < -0.4 is 5.32 Å². The van der Waals surface area contributed by atoms with Crippen LogP contribution in [-0.4, -0.2) is 140 Å². The number of hydrogen-bond acceptors (Lipinski definition) is 13. The molecule has 2 heterocycles. The van der Waals surface area contributed by atoms with Crippen molar-refractivity contribution in [1.29, 1.82) is 0 Å². The minimum Gasteiger partial charge on any atom is -0.394 e. The summed E-state index contributed by atoms with van der Waals surface area (Å²) in [5, 5.41) is 86.8. The Morgan fingerprint density at radius 1 is 0.461 bits per heavy atom. The van der Waals surface area contributed by atoms with Crippen molar-refractivity contribution in [2.75, 3.05) is 19.8 Å². The molecule has 2 saturated heterocycles. The molecule has 0 bridgehead atoms. The minimum atomic E-state index is -1.78. The minimum absolute atomic E-state index is 0.236. The molecule has 450 valence electrons. The van der Waals surface area contributed by atoms with E-state index in [-0.39, 0.29) is 18.9 Å². The molecule has 14 nitrogen and oxygen atoms in total. The molecule has 0 aromatic rings. The summed E-state index contributed by atoms with van der Waals surface area (Å²) in [6, 6.07) is -0.908. The van der Waals surface area contributed by atoms with Gasteiger partial charge in [-0.15, -0.1) is 0 Å². The van der Waals surface area contributed by atoms with E-state index < -0.39 is 86.8 Å². The van der Waals surface area contributed by atoms with Gasteiger partial charge in [0.05, 0.1) is 32.0 Å². The van der Waals surface area contributed by atoms with Crippen LogP contribution in [0.25, 0.3) is 0 Å². The average Bonchev–Trinajstić information content (AvgIpc) is 3.42. The number of unbranched alkanes of at least 4 members (excludes halogenated alkanes) is 39. The van der Waals surface area contributed by atoms with Crippen LogP contribution in [0.3, 0.4) is 0 Å². The Labute approximate surface area is 463 Å². The van der Waals surface area contributed by atoms with E-state index in [2.05, 4.69) is 19.2 Å². The predicted octanol–water partition coefficient (Wildman–Crippen LogP) is 11.5. The Morgan fingerprint density at radius 2 is 0.816 bits per heavy atom. The second-order valence-electron chi connectivity index (χ2n) is 22.9. The lowest BCUT2D eigenvalue weighted by Gasteiger charge is -2.46. The SMILES string of the molecule is CCCCCCCCC/C=C/C(O)C(COC1OC(CO)C(OC2OC(CO)C(O)C(O)C2O)C(O)C1O)NC(=O)CCCCCCCCCCCCCCCCCCCCCCCCCCCCCCCCCCC. The highest BCUT2D eigenvalue weighted by Crippen LogP contribution is 2.30. The first-order valence-electron chi connectivity index (χ1n) is 31.9. The van der Waals surface area contributed by atoms with Crippen LogP contribution in [0.5, 0.6) is 0 Å². The quantitative estimate of drug-likeness (QED) is 0.0204. The molecule has 9 N–H and O–H groups in total. The van der Waals surface area contributed by atoms with E-state index in [1.807, 2.05) is 6.08 Å². The molecule has 0 aromatic carbocycles. The number of hydrogen-bond donors (Lipinski definition) is 9.